The Balaban J connectivity index is 1.98. The first-order valence-corrected chi connectivity index (χ1v) is 6.04. The Hall–Kier alpha value is -1.98. The molecular weight excluding hydrogens is 246 g/mol. The summed E-state index contributed by atoms with van der Waals surface area (Å²) in [5.74, 6) is 0.543. The van der Waals surface area contributed by atoms with E-state index < -0.39 is 0 Å². The Bertz CT molecular complexity index is 560. The molecule has 0 heterocycles. The number of nitriles is 1. The Labute approximate surface area is 111 Å². The van der Waals surface area contributed by atoms with E-state index in [-0.39, 0.29) is 0 Å². The zero-order valence-corrected chi connectivity index (χ0v) is 10.5. The van der Waals surface area contributed by atoms with Crippen LogP contribution in [-0.4, -0.2) is 6.61 Å². The van der Waals surface area contributed by atoms with E-state index in [0.29, 0.717) is 22.9 Å². The second-order valence-electron chi connectivity index (χ2n) is 3.84. The van der Waals surface area contributed by atoms with Crippen molar-refractivity contribution in [3.8, 4) is 11.8 Å². The third-order valence-electron chi connectivity index (χ3n) is 2.56. The van der Waals surface area contributed by atoms with E-state index >= 15 is 0 Å². The standard InChI is InChI=1S/C15H12ClNO/c16-14-7-6-13(11-17)15(10-14)18-9-8-12-4-2-1-3-5-12/h1-7,10H,8-9H2. The normalized spacial score (nSPS) is 9.78. The lowest BCUT2D eigenvalue weighted by molar-refractivity contribution is 0.321. The quantitative estimate of drug-likeness (QED) is 0.834. The number of rotatable bonds is 4. The van der Waals surface area contributed by atoms with Crippen molar-refractivity contribution in [1.82, 2.24) is 0 Å². The van der Waals surface area contributed by atoms with Gasteiger partial charge >= 0.3 is 0 Å². The molecular formula is C15H12ClNO. The fourth-order valence-electron chi connectivity index (χ4n) is 1.63. The molecule has 0 atom stereocenters. The van der Waals surface area contributed by atoms with Crippen molar-refractivity contribution in [3.63, 3.8) is 0 Å². The SMILES string of the molecule is N#Cc1ccc(Cl)cc1OCCc1ccccc1. The molecule has 0 aliphatic heterocycles. The van der Waals surface area contributed by atoms with Gasteiger partial charge < -0.3 is 4.74 Å². The van der Waals surface area contributed by atoms with Gasteiger partial charge in [-0.05, 0) is 17.7 Å². The van der Waals surface area contributed by atoms with Gasteiger partial charge in [0.25, 0.3) is 0 Å². The average Bonchev–Trinajstić information content (AvgIpc) is 2.40. The van der Waals surface area contributed by atoms with Crippen LogP contribution in [0.3, 0.4) is 0 Å². The topological polar surface area (TPSA) is 33.0 Å². The van der Waals surface area contributed by atoms with E-state index in [1.165, 1.54) is 5.56 Å². The first kappa shape index (κ1) is 12.5. The molecule has 0 saturated heterocycles. The minimum absolute atomic E-state index is 0.507. The molecule has 0 N–H and O–H groups in total. The number of ether oxygens (including phenoxy) is 1. The van der Waals surface area contributed by atoms with Crippen LogP contribution >= 0.6 is 11.6 Å². The summed E-state index contributed by atoms with van der Waals surface area (Å²) in [7, 11) is 0. The Morgan fingerprint density at radius 2 is 1.89 bits per heavy atom. The van der Waals surface area contributed by atoms with Gasteiger partial charge in [0, 0.05) is 17.5 Å². The van der Waals surface area contributed by atoms with E-state index in [0.717, 1.165) is 6.42 Å². The van der Waals surface area contributed by atoms with Gasteiger partial charge in [-0.15, -0.1) is 0 Å². The lowest BCUT2D eigenvalue weighted by Gasteiger charge is -2.08. The van der Waals surface area contributed by atoms with Crippen LogP contribution in [-0.2, 0) is 6.42 Å². The molecule has 3 heteroatoms. The van der Waals surface area contributed by atoms with Gasteiger partial charge in [-0.25, -0.2) is 0 Å². The van der Waals surface area contributed by atoms with Crippen LogP contribution in [0.25, 0.3) is 0 Å². The van der Waals surface area contributed by atoms with E-state index in [1.807, 2.05) is 30.3 Å². The molecule has 18 heavy (non-hydrogen) atoms. The average molecular weight is 258 g/mol. The van der Waals surface area contributed by atoms with Crippen LogP contribution in [0, 0.1) is 11.3 Å². The largest absolute Gasteiger partial charge is 0.492 e. The molecule has 2 aromatic carbocycles. The number of halogens is 1. The highest BCUT2D eigenvalue weighted by molar-refractivity contribution is 6.30. The summed E-state index contributed by atoms with van der Waals surface area (Å²) in [6.07, 6.45) is 0.804. The molecule has 0 spiro atoms. The monoisotopic (exact) mass is 257 g/mol. The third-order valence-corrected chi connectivity index (χ3v) is 2.79. The van der Waals surface area contributed by atoms with Gasteiger partial charge in [0.05, 0.1) is 12.2 Å². The smallest absolute Gasteiger partial charge is 0.138 e. The number of hydrogen-bond acceptors (Lipinski definition) is 2. The summed E-state index contributed by atoms with van der Waals surface area (Å²) in [4.78, 5) is 0. The van der Waals surface area contributed by atoms with Gasteiger partial charge in [0.2, 0.25) is 0 Å². The van der Waals surface area contributed by atoms with Gasteiger partial charge in [0.1, 0.15) is 11.8 Å². The van der Waals surface area contributed by atoms with E-state index in [9.17, 15) is 0 Å². The van der Waals surface area contributed by atoms with Crippen LogP contribution in [0.2, 0.25) is 5.02 Å². The number of hydrogen-bond donors (Lipinski definition) is 0. The predicted octanol–water partition coefficient (Wildman–Crippen LogP) is 3.83. The van der Waals surface area contributed by atoms with Gasteiger partial charge in [-0.2, -0.15) is 5.26 Å². The Morgan fingerprint density at radius 3 is 2.61 bits per heavy atom. The predicted molar refractivity (Wildman–Crippen MR) is 71.8 cm³/mol. The van der Waals surface area contributed by atoms with Crippen LogP contribution < -0.4 is 4.74 Å². The summed E-state index contributed by atoms with van der Waals surface area (Å²) >= 11 is 5.88. The van der Waals surface area contributed by atoms with Crippen molar-refractivity contribution in [2.75, 3.05) is 6.61 Å². The third kappa shape index (κ3) is 3.26. The molecule has 2 rings (SSSR count). The maximum absolute atomic E-state index is 8.95. The molecule has 0 unspecified atom stereocenters. The van der Waals surface area contributed by atoms with Gasteiger partial charge in [0.15, 0.2) is 0 Å². The molecule has 0 bridgehead atoms. The molecule has 0 fully saturated rings. The molecule has 0 aromatic heterocycles. The van der Waals surface area contributed by atoms with Crippen molar-refractivity contribution in [2.24, 2.45) is 0 Å². The summed E-state index contributed by atoms with van der Waals surface area (Å²) in [6.45, 7) is 0.527. The van der Waals surface area contributed by atoms with Crippen molar-refractivity contribution in [3.05, 3.63) is 64.7 Å². The molecule has 2 nitrogen and oxygen atoms in total. The molecule has 0 aliphatic rings. The van der Waals surface area contributed by atoms with E-state index in [1.54, 1.807) is 18.2 Å². The minimum atomic E-state index is 0.507. The zero-order chi connectivity index (χ0) is 12.8. The minimum Gasteiger partial charge on any atom is -0.492 e. The summed E-state index contributed by atoms with van der Waals surface area (Å²) < 4.78 is 5.61. The fourth-order valence-corrected chi connectivity index (χ4v) is 1.79. The second kappa shape index (κ2) is 6.09. The number of benzene rings is 2. The maximum Gasteiger partial charge on any atom is 0.138 e. The highest BCUT2D eigenvalue weighted by Crippen LogP contribution is 2.22. The van der Waals surface area contributed by atoms with Crippen LogP contribution in [0.1, 0.15) is 11.1 Å². The summed E-state index contributed by atoms with van der Waals surface area (Å²) in [5, 5.41) is 9.53. The summed E-state index contributed by atoms with van der Waals surface area (Å²) in [6, 6.07) is 17.2. The maximum atomic E-state index is 8.95. The second-order valence-corrected chi connectivity index (χ2v) is 4.27. The molecule has 2 aromatic rings. The lowest BCUT2D eigenvalue weighted by Crippen LogP contribution is -2.02. The number of nitrogens with zero attached hydrogens (tertiary/aromatic N) is 1. The first-order chi connectivity index (χ1) is 8.79. The van der Waals surface area contributed by atoms with Crippen molar-refractivity contribution >= 4 is 11.6 Å². The highest BCUT2D eigenvalue weighted by atomic mass is 35.5. The lowest BCUT2D eigenvalue weighted by atomic mass is 10.2. The van der Waals surface area contributed by atoms with E-state index in [2.05, 4.69) is 6.07 Å². The summed E-state index contributed by atoms with van der Waals surface area (Å²) in [5.41, 5.74) is 1.71. The van der Waals surface area contributed by atoms with Gasteiger partial charge in [-0.1, -0.05) is 41.9 Å². The Kier molecular flexibility index (Phi) is 4.22. The fraction of sp³-hybridized carbons (Fsp3) is 0.133. The highest BCUT2D eigenvalue weighted by Gasteiger charge is 2.04. The van der Waals surface area contributed by atoms with Crippen molar-refractivity contribution in [2.45, 2.75) is 6.42 Å². The Morgan fingerprint density at radius 1 is 1.11 bits per heavy atom. The zero-order valence-electron chi connectivity index (χ0n) is 9.77. The van der Waals surface area contributed by atoms with Gasteiger partial charge in [-0.3, -0.25) is 0 Å². The van der Waals surface area contributed by atoms with E-state index in [4.69, 9.17) is 21.6 Å². The molecule has 0 radical (unpaired) electrons. The molecule has 0 saturated carbocycles. The van der Waals surface area contributed by atoms with Crippen LogP contribution in [0.5, 0.6) is 5.75 Å². The molecule has 90 valence electrons. The van der Waals surface area contributed by atoms with Crippen LogP contribution in [0.4, 0.5) is 0 Å². The van der Waals surface area contributed by atoms with Crippen molar-refractivity contribution in [1.29, 1.82) is 5.26 Å². The molecule has 0 amide bonds. The van der Waals surface area contributed by atoms with Crippen molar-refractivity contribution < 1.29 is 4.74 Å². The molecule has 0 aliphatic carbocycles. The first-order valence-electron chi connectivity index (χ1n) is 5.66. The van der Waals surface area contributed by atoms with Crippen LogP contribution in [0.15, 0.2) is 48.5 Å².